The molecule has 0 aromatic heterocycles. The van der Waals surface area contributed by atoms with Crippen LogP contribution in [0, 0.1) is 5.92 Å². The lowest BCUT2D eigenvalue weighted by atomic mass is 9.92. The summed E-state index contributed by atoms with van der Waals surface area (Å²) in [4.78, 5) is 2.90. The fourth-order valence-electron chi connectivity index (χ4n) is 3.65. The number of rotatable bonds is 1. The summed E-state index contributed by atoms with van der Waals surface area (Å²) in [6, 6.07) is 7.84. The van der Waals surface area contributed by atoms with Crippen molar-refractivity contribution in [1.29, 1.82) is 0 Å². The van der Waals surface area contributed by atoms with Gasteiger partial charge in [-0.05, 0) is 30.4 Å². The predicted molar refractivity (Wildman–Crippen MR) is 79.2 cm³/mol. The van der Waals surface area contributed by atoms with Gasteiger partial charge < -0.3 is 5.73 Å². The van der Waals surface area contributed by atoms with E-state index in [9.17, 15) is 8.42 Å². The molecule has 1 fully saturated rings. The molecule has 2 aliphatic rings. The van der Waals surface area contributed by atoms with Crippen LogP contribution in [0.1, 0.15) is 31.4 Å². The van der Waals surface area contributed by atoms with Gasteiger partial charge >= 0.3 is 0 Å². The van der Waals surface area contributed by atoms with Gasteiger partial charge in [0.15, 0.2) is 9.84 Å². The SMILES string of the molecule is CC1CC(N)CN(C2CCS(=O)(=O)c3ccccc32)C1. The maximum Gasteiger partial charge on any atom is 0.178 e. The van der Waals surface area contributed by atoms with Gasteiger partial charge in [-0.15, -0.1) is 0 Å². The number of fused-ring (bicyclic) bond motifs is 1. The highest BCUT2D eigenvalue weighted by Crippen LogP contribution is 2.37. The first-order chi connectivity index (χ1) is 9.47. The summed E-state index contributed by atoms with van der Waals surface area (Å²) in [6.45, 7) is 4.09. The van der Waals surface area contributed by atoms with Crippen molar-refractivity contribution < 1.29 is 8.42 Å². The number of piperidine rings is 1. The molecule has 1 aromatic rings. The van der Waals surface area contributed by atoms with E-state index in [-0.39, 0.29) is 17.8 Å². The molecule has 3 unspecified atom stereocenters. The quantitative estimate of drug-likeness (QED) is 0.854. The molecular formula is C15H22N2O2S. The minimum atomic E-state index is -3.10. The zero-order chi connectivity index (χ0) is 14.3. The Morgan fingerprint density at radius 1 is 1.25 bits per heavy atom. The largest absolute Gasteiger partial charge is 0.327 e. The Morgan fingerprint density at radius 3 is 2.75 bits per heavy atom. The average Bonchev–Trinajstić information content (AvgIpc) is 2.38. The monoisotopic (exact) mass is 294 g/mol. The molecule has 0 saturated carbocycles. The summed E-state index contributed by atoms with van der Waals surface area (Å²) in [5.41, 5.74) is 7.09. The normalized spacial score (nSPS) is 33.6. The van der Waals surface area contributed by atoms with Crippen LogP contribution in [0.4, 0.5) is 0 Å². The number of sulfone groups is 1. The third kappa shape index (κ3) is 2.50. The summed E-state index contributed by atoms with van der Waals surface area (Å²) < 4.78 is 24.4. The predicted octanol–water partition coefficient (Wildman–Crippen LogP) is 1.57. The van der Waals surface area contributed by atoms with Gasteiger partial charge in [0.05, 0.1) is 10.6 Å². The van der Waals surface area contributed by atoms with Crippen molar-refractivity contribution >= 4 is 9.84 Å². The molecule has 0 spiro atoms. The molecule has 0 amide bonds. The molecule has 3 rings (SSSR count). The van der Waals surface area contributed by atoms with Crippen molar-refractivity contribution in [2.45, 2.75) is 36.7 Å². The summed E-state index contributed by atoms with van der Waals surface area (Å²) in [7, 11) is -3.10. The van der Waals surface area contributed by atoms with Crippen molar-refractivity contribution in [3.8, 4) is 0 Å². The molecule has 2 aliphatic heterocycles. The summed E-state index contributed by atoms with van der Waals surface area (Å²) in [6.07, 6.45) is 1.74. The maximum absolute atomic E-state index is 12.2. The van der Waals surface area contributed by atoms with E-state index in [1.54, 1.807) is 6.07 Å². The van der Waals surface area contributed by atoms with Gasteiger partial charge in [0.25, 0.3) is 0 Å². The maximum atomic E-state index is 12.2. The van der Waals surface area contributed by atoms with Gasteiger partial charge in [-0.25, -0.2) is 8.42 Å². The molecule has 0 aliphatic carbocycles. The molecule has 2 N–H and O–H groups in total. The van der Waals surface area contributed by atoms with E-state index in [1.807, 2.05) is 18.2 Å². The van der Waals surface area contributed by atoms with E-state index in [0.717, 1.165) is 25.1 Å². The van der Waals surface area contributed by atoms with E-state index in [0.29, 0.717) is 17.2 Å². The van der Waals surface area contributed by atoms with E-state index < -0.39 is 9.84 Å². The molecule has 0 bridgehead atoms. The molecule has 3 atom stereocenters. The first-order valence-electron chi connectivity index (χ1n) is 7.28. The molecule has 1 saturated heterocycles. The first kappa shape index (κ1) is 14.0. The zero-order valence-corrected chi connectivity index (χ0v) is 12.6. The average molecular weight is 294 g/mol. The van der Waals surface area contributed by atoms with Crippen molar-refractivity contribution in [2.24, 2.45) is 11.7 Å². The number of benzene rings is 1. The molecule has 5 heteroatoms. The second-order valence-corrected chi connectivity index (χ2v) is 8.29. The van der Waals surface area contributed by atoms with Crippen LogP contribution in [-0.4, -0.2) is 38.2 Å². The minimum Gasteiger partial charge on any atom is -0.327 e. The summed E-state index contributed by atoms with van der Waals surface area (Å²) in [5.74, 6) is 0.818. The van der Waals surface area contributed by atoms with E-state index in [2.05, 4.69) is 11.8 Å². The zero-order valence-electron chi connectivity index (χ0n) is 11.8. The topological polar surface area (TPSA) is 63.4 Å². The Morgan fingerprint density at radius 2 is 2.00 bits per heavy atom. The van der Waals surface area contributed by atoms with Gasteiger partial charge in [-0.2, -0.15) is 0 Å². The van der Waals surface area contributed by atoms with E-state index >= 15 is 0 Å². The lowest BCUT2D eigenvalue weighted by Gasteiger charge is -2.42. The van der Waals surface area contributed by atoms with E-state index in [4.69, 9.17) is 5.73 Å². The standard InChI is InChI=1S/C15H22N2O2S/c1-11-8-12(16)10-17(9-11)14-6-7-20(18,19)15-5-3-2-4-13(14)15/h2-5,11-12,14H,6-10,16H2,1H3. The van der Waals surface area contributed by atoms with Crippen LogP contribution in [0.5, 0.6) is 0 Å². The molecule has 20 heavy (non-hydrogen) atoms. The van der Waals surface area contributed by atoms with Gasteiger partial charge in [-0.1, -0.05) is 25.1 Å². The van der Waals surface area contributed by atoms with Crippen LogP contribution in [0.2, 0.25) is 0 Å². The van der Waals surface area contributed by atoms with Crippen LogP contribution in [-0.2, 0) is 9.84 Å². The number of nitrogens with two attached hydrogens (primary N) is 1. The Hall–Kier alpha value is -0.910. The van der Waals surface area contributed by atoms with Gasteiger partial charge in [-0.3, -0.25) is 4.90 Å². The van der Waals surface area contributed by atoms with Crippen molar-refractivity contribution in [3.63, 3.8) is 0 Å². The van der Waals surface area contributed by atoms with Crippen molar-refractivity contribution in [3.05, 3.63) is 29.8 Å². The third-order valence-corrected chi connectivity index (χ3v) is 6.25. The van der Waals surface area contributed by atoms with Crippen molar-refractivity contribution in [1.82, 2.24) is 4.90 Å². The van der Waals surface area contributed by atoms with Gasteiger partial charge in [0.2, 0.25) is 0 Å². The lowest BCUT2D eigenvalue weighted by Crippen LogP contribution is -2.48. The van der Waals surface area contributed by atoms with Crippen LogP contribution in [0.15, 0.2) is 29.2 Å². The lowest BCUT2D eigenvalue weighted by molar-refractivity contribution is 0.110. The Bertz CT molecular complexity index is 590. The second-order valence-electron chi connectivity index (χ2n) is 6.22. The van der Waals surface area contributed by atoms with Crippen LogP contribution < -0.4 is 5.73 Å². The third-order valence-electron chi connectivity index (χ3n) is 4.43. The fourth-order valence-corrected chi connectivity index (χ4v) is 5.25. The first-order valence-corrected chi connectivity index (χ1v) is 8.94. The highest BCUT2D eigenvalue weighted by molar-refractivity contribution is 7.91. The van der Waals surface area contributed by atoms with Crippen LogP contribution in [0.3, 0.4) is 0 Å². The Kier molecular flexibility index (Phi) is 3.60. The van der Waals surface area contributed by atoms with Crippen molar-refractivity contribution in [2.75, 3.05) is 18.8 Å². The number of hydrogen-bond acceptors (Lipinski definition) is 4. The Labute approximate surface area is 120 Å². The summed E-state index contributed by atoms with van der Waals surface area (Å²) in [5, 5.41) is 0. The minimum absolute atomic E-state index is 0.198. The fraction of sp³-hybridized carbons (Fsp3) is 0.600. The number of hydrogen-bond donors (Lipinski definition) is 1. The number of likely N-dealkylation sites (tertiary alicyclic amines) is 1. The number of nitrogens with zero attached hydrogens (tertiary/aromatic N) is 1. The molecular weight excluding hydrogens is 272 g/mol. The van der Waals surface area contributed by atoms with E-state index in [1.165, 1.54) is 0 Å². The second kappa shape index (κ2) is 5.13. The van der Waals surface area contributed by atoms with Crippen LogP contribution >= 0.6 is 0 Å². The molecule has 2 heterocycles. The van der Waals surface area contributed by atoms with Gasteiger partial charge in [0.1, 0.15) is 0 Å². The molecule has 4 nitrogen and oxygen atoms in total. The Balaban J connectivity index is 1.96. The molecule has 1 aromatic carbocycles. The smallest absolute Gasteiger partial charge is 0.178 e. The summed E-state index contributed by atoms with van der Waals surface area (Å²) >= 11 is 0. The molecule has 0 radical (unpaired) electrons. The van der Waals surface area contributed by atoms with Gasteiger partial charge in [0, 0.05) is 25.2 Å². The highest BCUT2D eigenvalue weighted by Gasteiger charge is 2.35. The highest BCUT2D eigenvalue weighted by atomic mass is 32.2. The molecule has 110 valence electrons. The van der Waals surface area contributed by atoms with Crippen LogP contribution in [0.25, 0.3) is 0 Å².